The first kappa shape index (κ1) is 20.0. The number of fused-ring (bicyclic) bond motifs is 1. The molecule has 0 aromatic heterocycles. The Morgan fingerprint density at radius 1 is 1.16 bits per heavy atom. The Kier molecular flexibility index (Phi) is 5.74. The van der Waals surface area contributed by atoms with Crippen molar-refractivity contribution >= 4 is 22.1 Å². The average molecular weight is 382 g/mol. The molecule has 11 heteroatoms. The van der Waals surface area contributed by atoms with Gasteiger partial charge in [0.2, 0.25) is 0 Å². The summed E-state index contributed by atoms with van der Waals surface area (Å²) in [6.07, 6.45) is -4.10. The number of carbonyl (C=O) groups excluding carboxylic acids is 2. The minimum absolute atomic E-state index is 0.409. The second-order valence-corrected chi connectivity index (χ2v) is 7.89. The smallest absolute Gasteiger partial charge is 0.303 e. The van der Waals surface area contributed by atoms with E-state index in [1.165, 1.54) is 13.8 Å². The lowest BCUT2D eigenvalue weighted by Gasteiger charge is -2.29. The van der Waals surface area contributed by atoms with Crippen LogP contribution in [0.3, 0.4) is 0 Å². The molecule has 0 saturated carbocycles. The molecule has 0 spiro atoms. The summed E-state index contributed by atoms with van der Waals surface area (Å²) in [5.74, 6) is -2.20. The van der Waals surface area contributed by atoms with E-state index in [-0.39, 0.29) is 0 Å². The molecule has 2 fully saturated rings. The van der Waals surface area contributed by atoms with Crippen LogP contribution in [-0.4, -0.2) is 69.7 Å². The van der Waals surface area contributed by atoms with Gasteiger partial charge in [-0.3, -0.25) is 13.8 Å². The second-order valence-electron chi connectivity index (χ2n) is 6.28. The summed E-state index contributed by atoms with van der Waals surface area (Å²) < 4.78 is 55.1. The molecule has 0 amide bonds. The second kappa shape index (κ2) is 7.16. The number of ether oxygens (including phenoxy) is 5. The van der Waals surface area contributed by atoms with Gasteiger partial charge >= 0.3 is 11.9 Å². The van der Waals surface area contributed by atoms with E-state index < -0.39 is 65.2 Å². The monoisotopic (exact) mass is 382 g/mol. The van der Waals surface area contributed by atoms with Gasteiger partial charge < -0.3 is 23.7 Å². The van der Waals surface area contributed by atoms with E-state index >= 15 is 0 Å². The molecule has 0 radical (unpaired) electrons. The molecule has 2 saturated heterocycles. The minimum atomic E-state index is -3.90. The first-order valence-electron chi connectivity index (χ1n) is 7.58. The molecule has 2 heterocycles. The highest BCUT2D eigenvalue weighted by Crippen LogP contribution is 2.40. The van der Waals surface area contributed by atoms with Crippen LogP contribution in [0, 0.1) is 0 Å². The molecule has 0 unspecified atom stereocenters. The van der Waals surface area contributed by atoms with Crippen LogP contribution in [0.4, 0.5) is 0 Å². The lowest BCUT2D eigenvalue weighted by molar-refractivity contribution is -0.229. The molecule has 0 aromatic carbocycles. The van der Waals surface area contributed by atoms with Gasteiger partial charge in [0.15, 0.2) is 24.3 Å². The third kappa shape index (κ3) is 5.35. The highest BCUT2D eigenvalue weighted by Gasteiger charge is 2.59. The van der Waals surface area contributed by atoms with E-state index in [4.69, 9.17) is 27.9 Å². The van der Waals surface area contributed by atoms with Gasteiger partial charge in [-0.05, 0) is 13.8 Å². The SMILES string of the molecule is CC(=O)OC[C@@H](OS(C)(=O)=O)[C@H]1O[C@@H]2OC(C)(C)O[C@@H]2[C@H]1OC(C)=O. The largest absolute Gasteiger partial charge is 0.463 e. The van der Waals surface area contributed by atoms with Crippen molar-refractivity contribution < 1.29 is 45.9 Å². The maximum atomic E-state index is 11.5. The molecule has 0 N–H and O–H groups in total. The number of rotatable bonds is 6. The Hall–Kier alpha value is -1.27. The molecule has 10 nitrogen and oxygen atoms in total. The van der Waals surface area contributed by atoms with Crippen LogP contribution < -0.4 is 0 Å². The molecule has 0 bridgehead atoms. The third-order valence-electron chi connectivity index (χ3n) is 3.44. The van der Waals surface area contributed by atoms with Crippen LogP contribution in [0.15, 0.2) is 0 Å². The minimum Gasteiger partial charge on any atom is -0.463 e. The molecule has 2 aliphatic rings. The fourth-order valence-corrected chi connectivity index (χ4v) is 3.34. The topological polar surface area (TPSA) is 124 Å². The lowest BCUT2D eigenvalue weighted by atomic mass is 10.1. The maximum absolute atomic E-state index is 11.5. The number of carbonyl (C=O) groups is 2. The van der Waals surface area contributed by atoms with Crippen molar-refractivity contribution in [2.45, 2.75) is 64.2 Å². The maximum Gasteiger partial charge on any atom is 0.303 e. The standard InChI is InChI=1S/C14H22O10S/c1-7(15)19-6-9(24-25(5,17)18)10-11(20-8(2)16)12-13(21-10)23-14(3,4)22-12/h9-13H,6H2,1-5H3/t9-,10-,11+,12-,13-/m1/s1. The van der Waals surface area contributed by atoms with Gasteiger partial charge in [0, 0.05) is 13.8 Å². The summed E-state index contributed by atoms with van der Waals surface area (Å²) in [6.45, 7) is 5.28. The fraction of sp³-hybridized carbons (Fsp3) is 0.857. The van der Waals surface area contributed by atoms with E-state index in [1.807, 2.05) is 0 Å². The highest BCUT2D eigenvalue weighted by molar-refractivity contribution is 7.86. The zero-order valence-electron chi connectivity index (χ0n) is 14.6. The van der Waals surface area contributed by atoms with Crippen molar-refractivity contribution in [3.8, 4) is 0 Å². The van der Waals surface area contributed by atoms with Crippen LogP contribution >= 0.6 is 0 Å². The van der Waals surface area contributed by atoms with Gasteiger partial charge in [0.1, 0.15) is 18.8 Å². The summed E-state index contributed by atoms with van der Waals surface area (Å²) in [6, 6.07) is 0. The van der Waals surface area contributed by atoms with E-state index in [1.54, 1.807) is 13.8 Å². The van der Waals surface area contributed by atoms with Gasteiger partial charge in [-0.15, -0.1) is 0 Å². The van der Waals surface area contributed by atoms with Gasteiger partial charge in [-0.25, -0.2) is 0 Å². The summed E-state index contributed by atoms with van der Waals surface area (Å²) >= 11 is 0. The van der Waals surface area contributed by atoms with Crippen molar-refractivity contribution in [2.75, 3.05) is 12.9 Å². The molecular formula is C14H22O10S. The van der Waals surface area contributed by atoms with Gasteiger partial charge in [0.05, 0.1) is 6.26 Å². The van der Waals surface area contributed by atoms with Crippen LogP contribution in [0.2, 0.25) is 0 Å². The average Bonchev–Trinajstić information content (AvgIpc) is 2.86. The first-order valence-corrected chi connectivity index (χ1v) is 9.39. The lowest BCUT2D eigenvalue weighted by Crippen LogP contribution is -2.47. The molecule has 144 valence electrons. The zero-order chi connectivity index (χ0) is 19.0. The zero-order valence-corrected chi connectivity index (χ0v) is 15.4. The van der Waals surface area contributed by atoms with Crippen molar-refractivity contribution in [1.29, 1.82) is 0 Å². The number of esters is 2. The quantitative estimate of drug-likeness (QED) is 0.447. The van der Waals surface area contributed by atoms with E-state index in [0.717, 1.165) is 6.26 Å². The Balaban J connectivity index is 2.24. The molecule has 25 heavy (non-hydrogen) atoms. The van der Waals surface area contributed by atoms with Crippen LogP contribution in [0.5, 0.6) is 0 Å². The van der Waals surface area contributed by atoms with Gasteiger partial charge in [-0.2, -0.15) is 8.42 Å². The predicted molar refractivity (Wildman–Crippen MR) is 80.6 cm³/mol. The van der Waals surface area contributed by atoms with Crippen LogP contribution in [-0.2, 0) is 47.6 Å². The fourth-order valence-electron chi connectivity index (χ4n) is 2.73. The summed E-state index contributed by atoms with van der Waals surface area (Å²) in [5.41, 5.74) is 0. The highest BCUT2D eigenvalue weighted by atomic mass is 32.2. The number of hydrogen-bond donors (Lipinski definition) is 0. The molecule has 5 atom stereocenters. The third-order valence-corrected chi connectivity index (χ3v) is 4.04. The molecule has 0 aliphatic carbocycles. The summed E-state index contributed by atoms with van der Waals surface area (Å²) in [7, 11) is -3.90. The Morgan fingerprint density at radius 2 is 1.80 bits per heavy atom. The van der Waals surface area contributed by atoms with E-state index in [0.29, 0.717) is 0 Å². The van der Waals surface area contributed by atoms with E-state index in [2.05, 4.69) is 0 Å². The van der Waals surface area contributed by atoms with Crippen molar-refractivity contribution in [1.82, 2.24) is 0 Å². The molecule has 0 aromatic rings. The Bertz CT molecular complexity index is 628. The van der Waals surface area contributed by atoms with E-state index in [9.17, 15) is 18.0 Å². The first-order chi connectivity index (χ1) is 11.4. The molecule has 2 aliphatic heterocycles. The number of hydrogen-bond acceptors (Lipinski definition) is 10. The van der Waals surface area contributed by atoms with Crippen LogP contribution in [0.25, 0.3) is 0 Å². The Morgan fingerprint density at radius 3 is 2.32 bits per heavy atom. The predicted octanol–water partition coefficient (Wildman–Crippen LogP) is -0.298. The van der Waals surface area contributed by atoms with Gasteiger partial charge in [0.25, 0.3) is 10.1 Å². The van der Waals surface area contributed by atoms with Gasteiger partial charge in [-0.1, -0.05) is 0 Å². The Labute approximate surface area is 145 Å². The van der Waals surface area contributed by atoms with Crippen molar-refractivity contribution in [2.24, 2.45) is 0 Å². The summed E-state index contributed by atoms with van der Waals surface area (Å²) in [4.78, 5) is 22.5. The summed E-state index contributed by atoms with van der Waals surface area (Å²) in [5, 5.41) is 0. The van der Waals surface area contributed by atoms with Crippen molar-refractivity contribution in [3.05, 3.63) is 0 Å². The molecular weight excluding hydrogens is 360 g/mol. The van der Waals surface area contributed by atoms with Crippen molar-refractivity contribution in [3.63, 3.8) is 0 Å². The molecule has 2 rings (SSSR count). The van der Waals surface area contributed by atoms with Crippen LogP contribution in [0.1, 0.15) is 27.7 Å². The normalized spacial score (nSPS) is 32.0.